The minimum atomic E-state index is 0.505. The number of nitrogens with zero attached hydrogens (tertiary/aromatic N) is 1. The van der Waals surface area contributed by atoms with Crippen LogP contribution in [0.1, 0.15) is 42.9 Å². The molecule has 1 aliphatic carbocycles. The van der Waals surface area contributed by atoms with Crippen LogP contribution in [0.5, 0.6) is 5.75 Å². The highest BCUT2D eigenvalue weighted by atomic mass is 16.5. The summed E-state index contributed by atoms with van der Waals surface area (Å²) in [5.74, 6) is 1.57. The van der Waals surface area contributed by atoms with E-state index in [9.17, 15) is 0 Å². The molecular formula is C17H26N2O. The predicted molar refractivity (Wildman–Crippen MR) is 82.0 cm³/mol. The molecule has 0 spiro atoms. The Labute approximate surface area is 122 Å². The second-order valence-electron chi connectivity index (χ2n) is 6.28. The van der Waals surface area contributed by atoms with E-state index in [1.54, 1.807) is 7.11 Å². The molecule has 1 saturated heterocycles. The number of ether oxygens (including phenoxy) is 1. The lowest BCUT2D eigenvalue weighted by Crippen LogP contribution is -2.42. The monoisotopic (exact) mass is 274 g/mol. The third-order valence-electron chi connectivity index (χ3n) is 4.87. The number of rotatable bonds is 4. The van der Waals surface area contributed by atoms with E-state index in [2.05, 4.69) is 30.0 Å². The molecule has 0 radical (unpaired) electrons. The van der Waals surface area contributed by atoms with Crippen molar-refractivity contribution in [2.45, 2.75) is 44.7 Å². The molecule has 2 N–H and O–H groups in total. The average Bonchev–Trinajstić information content (AvgIpc) is 3.31. The van der Waals surface area contributed by atoms with Crippen LogP contribution in [-0.4, -0.2) is 31.1 Å². The van der Waals surface area contributed by atoms with Gasteiger partial charge in [-0.05, 0) is 68.8 Å². The minimum absolute atomic E-state index is 0.505. The standard InChI is InChI=1S/C17H26N2O/c1-12-10-13(5-8-16(12)20-2)17-14(11-18)4-3-9-19(17)15-6-7-15/h5,8,10,14-15,17H,3-4,6-7,9,11,18H2,1-2H3. The summed E-state index contributed by atoms with van der Waals surface area (Å²) in [4.78, 5) is 2.71. The Morgan fingerprint density at radius 1 is 1.30 bits per heavy atom. The van der Waals surface area contributed by atoms with Crippen LogP contribution in [0.25, 0.3) is 0 Å². The molecule has 2 unspecified atom stereocenters. The van der Waals surface area contributed by atoms with Crippen LogP contribution in [-0.2, 0) is 0 Å². The van der Waals surface area contributed by atoms with Gasteiger partial charge >= 0.3 is 0 Å². The third-order valence-corrected chi connectivity index (χ3v) is 4.87. The van der Waals surface area contributed by atoms with Crippen LogP contribution in [0.15, 0.2) is 18.2 Å². The van der Waals surface area contributed by atoms with Gasteiger partial charge in [0.05, 0.1) is 7.11 Å². The maximum Gasteiger partial charge on any atom is 0.121 e. The van der Waals surface area contributed by atoms with Crippen LogP contribution in [0.3, 0.4) is 0 Å². The smallest absolute Gasteiger partial charge is 0.121 e. The molecular weight excluding hydrogens is 248 g/mol. The first-order chi connectivity index (χ1) is 9.74. The van der Waals surface area contributed by atoms with E-state index < -0.39 is 0 Å². The number of methoxy groups -OCH3 is 1. The van der Waals surface area contributed by atoms with Gasteiger partial charge in [0.15, 0.2) is 0 Å². The van der Waals surface area contributed by atoms with E-state index in [0.29, 0.717) is 12.0 Å². The van der Waals surface area contributed by atoms with Gasteiger partial charge < -0.3 is 10.5 Å². The molecule has 2 atom stereocenters. The average molecular weight is 274 g/mol. The molecule has 1 heterocycles. The molecule has 20 heavy (non-hydrogen) atoms. The fourth-order valence-corrected chi connectivity index (χ4v) is 3.72. The van der Waals surface area contributed by atoms with Gasteiger partial charge in [-0.3, -0.25) is 4.90 Å². The van der Waals surface area contributed by atoms with Gasteiger partial charge in [-0.2, -0.15) is 0 Å². The van der Waals surface area contributed by atoms with Crippen molar-refractivity contribution < 1.29 is 4.74 Å². The lowest BCUT2D eigenvalue weighted by molar-refractivity contribution is 0.0879. The number of nitrogens with two attached hydrogens (primary N) is 1. The molecule has 1 aromatic rings. The molecule has 0 bridgehead atoms. The summed E-state index contributed by atoms with van der Waals surface area (Å²) in [5, 5.41) is 0. The number of benzene rings is 1. The van der Waals surface area contributed by atoms with Crippen LogP contribution in [0, 0.1) is 12.8 Å². The maximum atomic E-state index is 6.06. The minimum Gasteiger partial charge on any atom is -0.496 e. The Balaban J connectivity index is 1.91. The second-order valence-corrected chi connectivity index (χ2v) is 6.28. The predicted octanol–water partition coefficient (Wildman–Crippen LogP) is 2.88. The highest BCUT2D eigenvalue weighted by Gasteiger charge is 2.40. The van der Waals surface area contributed by atoms with Crippen molar-refractivity contribution in [2.24, 2.45) is 11.7 Å². The Morgan fingerprint density at radius 3 is 2.70 bits per heavy atom. The van der Waals surface area contributed by atoms with Gasteiger partial charge in [-0.25, -0.2) is 0 Å². The number of piperidine rings is 1. The van der Waals surface area contributed by atoms with Gasteiger partial charge in [0.25, 0.3) is 0 Å². The Bertz CT molecular complexity index is 470. The van der Waals surface area contributed by atoms with Crippen molar-refractivity contribution in [2.75, 3.05) is 20.2 Å². The topological polar surface area (TPSA) is 38.5 Å². The van der Waals surface area contributed by atoms with Gasteiger partial charge in [0.1, 0.15) is 5.75 Å². The third kappa shape index (κ3) is 2.57. The molecule has 3 rings (SSSR count). The first-order valence-electron chi connectivity index (χ1n) is 7.85. The van der Waals surface area contributed by atoms with E-state index in [1.807, 2.05) is 0 Å². The fraction of sp³-hybridized carbons (Fsp3) is 0.647. The van der Waals surface area contributed by atoms with Crippen LogP contribution in [0.2, 0.25) is 0 Å². The highest BCUT2D eigenvalue weighted by Crippen LogP contribution is 2.43. The van der Waals surface area contributed by atoms with E-state index >= 15 is 0 Å². The van der Waals surface area contributed by atoms with Gasteiger partial charge in [-0.15, -0.1) is 0 Å². The summed E-state index contributed by atoms with van der Waals surface area (Å²) in [7, 11) is 1.74. The van der Waals surface area contributed by atoms with Crippen molar-refractivity contribution in [3.8, 4) is 5.75 Å². The zero-order chi connectivity index (χ0) is 14.1. The summed E-state index contributed by atoms with van der Waals surface area (Å²) >= 11 is 0. The number of likely N-dealkylation sites (tertiary alicyclic amines) is 1. The van der Waals surface area contributed by atoms with Gasteiger partial charge in [0.2, 0.25) is 0 Å². The summed E-state index contributed by atoms with van der Waals surface area (Å²) < 4.78 is 5.39. The van der Waals surface area contributed by atoms with Crippen LogP contribution in [0.4, 0.5) is 0 Å². The molecule has 3 heteroatoms. The molecule has 2 aliphatic rings. The van der Waals surface area contributed by atoms with Crippen molar-refractivity contribution in [1.29, 1.82) is 0 Å². The second kappa shape index (κ2) is 5.74. The Hall–Kier alpha value is -1.06. The summed E-state index contributed by atoms with van der Waals surface area (Å²) in [6.07, 6.45) is 5.28. The van der Waals surface area contributed by atoms with Crippen molar-refractivity contribution >= 4 is 0 Å². The molecule has 110 valence electrons. The number of aryl methyl sites for hydroxylation is 1. The first-order valence-corrected chi connectivity index (χ1v) is 7.85. The van der Waals surface area contributed by atoms with Gasteiger partial charge in [0, 0.05) is 12.1 Å². The number of hydrogen-bond donors (Lipinski definition) is 1. The van der Waals surface area contributed by atoms with Crippen LogP contribution >= 0.6 is 0 Å². The van der Waals surface area contributed by atoms with Crippen molar-refractivity contribution in [1.82, 2.24) is 4.90 Å². The first kappa shape index (κ1) is 13.9. The zero-order valence-electron chi connectivity index (χ0n) is 12.6. The van der Waals surface area contributed by atoms with Crippen LogP contribution < -0.4 is 10.5 Å². The maximum absolute atomic E-state index is 6.06. The summed E-state index contributed by atoms with van der Waals surface area (Å²) in [6, 6.07) is 7.95. The molecule has 0 aromatic heterocycles. The Morgan fingerprint density at radius 2 is 2.10 bits per heavy atom. The summed E-state index contributed by atoms with van der Waals surface area (Å²) in [6.45, 7) is 4.15. The largest absolute Gasteiger partial charge is 0.496 e. The van der Waals surface area contributed by atoms with E-state index in [-0.39, 0.29) is 0 Å². The zero-order valence-corrected chi connectivity index (χ0v) is 12.6. The summed E-state index contributed by atoms with van der Waals surface area (Å²) in [5.41, 5.74) is 8.70. The molecule has 2 fully saturated rings. The van der Waals surface area contributed by atoms with E-state index in [4.69, 9.17) is 10.5 Å². The van der Waals surface area contributed by atoms with E-state index in [0.717, 1.165) is 18.3 Å². The highest BCUT2D eigenvalue weighted by molar-refractivity contribution is 5.38. The van der Waals surface area contributed by atoms with Crippen molar-refractivity contribution in [3.63, 3.8) is 0 Å². The fourth-order valence-electron chi connectivity index (χ4n) is 3.72. The SMILES string of the molecule is COc1ccc(C2C(CN)CCCN2C2CC2)cc1C. The quantitative estimate of drug-likeness (QED) is 0.917. The van der Waals surface area contributed by atoms with Crippen molar-refractivity contribution in [3.05, 3.63) is 29.3 Å². The number of hydrogen-bond acceptors (Lipinski definition) is 3. The lowest BCUT2D eigenvalue weighted by Gasteiger charge is -2.42. The molecule has 0 amide bonds. The normalized spacial score (nSPS) is 27.6. The molecule has 1 saturated carbocycles. The molecule has 1 aromatic carbocycles. The molecule has 1 aliphatic heterocycles. The molecule has 3 nitrogen and oxygen atoms in total. The lowest BCUT2D eigenvalue weighted by atomic mass is 9.84. The van der Waals surface area contributed by atoms with Gasteiger partial charge in [-0.1, -0.05) is 12.1 Å². The van der Waals surface area contributed by atoms with E-state index in [1.165, 1.54) is 43.4 Å². The Kier molecular flexibility index (Phi) is 3.99.